The smallest absolute Gasteiger partial charge is 0.322 e. The molecule has 0 saturated carbocycles. The molecule has 10 heteroatoms. The average molecular weight is 441 g/mol. The summed E-state index contributed by atoms with van der Waals surface area (Å²) in [6.07, 6.45) is 0. The molecule has 9 nitrogen and oxygen atoms in total. The number of carbonyl (C=O) groups is 1. The van der Waals surface area contributed by atoms with E-state index in [2.05, 4.69) is 15.5 Å². The van der Waals surface area contributed by atoms with Gasteiger partial charge in [0.05, 0.1) is 17.3 Å². The summed E-state index contributed by atoms with van der Waals surface area (Å²) < 4.78 is 40.9. The SMILES string of the molecule is CCOc1cccc2cc(-c3nnc(NC(=O)c4cccc(S(=O)(=O)CC)c4)o3)oc12. The normalized spacial score (nSPS) is 11.5. The number of ether oxygens (including phenoxy) is 1. The van der Waals surface area contributed by atoms with E-state index in [1.807, 2.05) is 19.1 Å². The number of benzene rings is 2. The zero-order chi connectivity index (χ0) is 22.0. The summed E-state index contributed by atoms with van der Waals surface area (Å²) >= 11 is 0. The summed E-state index contributed by atoms with van der Waals surface area (Å²) in [5.74, 6) is 0.364. The van der Waals surface area contributed by atoms with E-state index in [4.69, 9.17) is 13.6 Å². The van der Waals surface area contributed by atoms with Crippen LogP contribution in [0.5, 0.6) is 5.75 Å². The maximum atomic E-state index is 12.5. The molecule has 160 valence electrons. The first kappa shape index (κ1) is 20.6. The van der Waals surface area contributed by atoms with Gasteiger partial charge in [-0.3, -0.25) is 10.1 Å². The number of hydrogen-bond donors (Lipinski definition) is 1. The van der Waals surface area contributed by atoms with E-state index in [0.29, 0.717) is 23.7 Å². The molecule has 4 aromatic rings. The van der Waals surface area contributed by atoms with E-state index < -0.39 is 15.7 Å². The van der Waals surface area contributed by atoms with Crippen molar-refractivity contribution in [3.63, 3.8) is 0 Å². The molecule has 1 amide bonds. The molecule has 0 fully saturated rings. The highest BCUT2D eigenvalue weighted by Gasteiger charge is 2.19. The molecule has 2 aromatic heterocycles. The van der Waals surface area contributed by atoms with Crippen LogP contribution in [0.3, 0.4) is 0 Å². The Hall–Kier alpha value is -3.66. The molecule has 0 spiro atoms. The van der Waals surface area contributed by atoms with Crippen LogP contribution in [0.4, 0.5) is 6.01 Å². The number of aromatic nitrogens is 2. The number of rotatable bonds is 7. The molecule has 0 bridgehead atoms. The Labute approximate surface area is 177 Å². The quantitative estimate of drug-likeness (QED) is 0.457. The van der Waals surface area contributed by atoms with Gasteiger partial charge in [-0.1, -0.05) is 30.2 Å². The van der Waals surface area contributed by atoms with E-state index >= 15 is 0 Å². The number of sulfone groups is 1. The number of hydrogen-bond acceptors (Lipinski definition) is 8. The lowest BCUT2D eigenvalue weighted by Crippen LogP contribution is -2.13. The van der Waals surface area contributed by atoms with Crippen LogP contribution >= 0.6 is 0 Å². The van der Waals surface area contributed by atoms with Crippen molar-refractivity contribution in [1.29, 1.82) is 0 Å². The number of fused-ring (bicyclic) bond motifs is 1. The summed E-state index contributed by atoms with van der Waals surface area (Å²) in [7, 11) is -3.43. The lowest BCUT2D eigenvalue weighted by molar-refractivity contribution is 0.102. The summed E-state index contributed by atoms with van der Waals surface area (Å²) in [6.45, 7) is 3.91. The van der Waals surface area contributed by atoms with Crippen molar-refractivity contribution >= 4 is 32.7 Å². The zero-order valence-electron chi connectivity index (χ0n) is 16.8. The first-order valence-electron chi connectivity index (χ1n) is 9.54. The molecule has 4 rings (SSSR count). The predicted octanol–water partition coefficient (Wildman–Crippen LogP) is 3.93. The van der Waals surface area contributed by atoms with E-state index in [1.165, 1.54) is 31.2 Å². The molecular formula is C21H19N3O6S. The van der Waals surface area contributed by atoms with Gasteiger partial charge in [0.15, 0.2) is 26.9 Å². The van der Waals surface area contributed by atoms with Gasteiger partial charge in [-0.2, -0.15) is 0 Å². The van der Waals surface area contributed by atoms with Gasteiger partial charge in [0, 0.05) is 10.9 Å². The van der Waals surface area contributed by atoms with Crippen molar-refractivity contribution in [3.8, 4) is 17.4 Å². The van der Waals surface area contributed by atoms with Crippen LogP contribution in [0, 0.1) is 0 Å². The Balaban J connectivity index is 1.56. The molecule has 0 atom stereocenters. The van der Waals surface area contributed by atoms with Crippen LogP contribution in [-0.4, -0.2) is 36.9 Å². The fourth-order valence-electron chi connectivity index (χ4n) is 2.95. The van der Waals surface area contributed by atoms with Gasteiger partial charge in [-0.05, 0) is 37.3 Å². The minimum Gasteiger partial charge on any atom is -0.490 e. The molecule has 0 aliphatic carbocycles. The van der Waals surface area contributed by atoms with Gasteiger partial charge in [0.1, 0.15) is 0 Å². The Morgan fingerprint density at radius 3 is 2.65 bits per heavy atom. The van der Waals surface area contributed by atoms with Crippen molar-refractivity contribution in [3.05, 3.63) is 54.1 Å². The number of anilines is 1. The lowest BCUT2D eigenvalue weighted by atomic mass is 10.2. The van der Waals surface area contributed by atoms with Crippen LogP contribution in [0.15, 0.2) is 62.3 Å². The average Bonchev–Trinajstić information content (AvgIpc) is 3.41. The standard InChI is InChI=1S/C21H19N3O6S/c1-3-28-16-10-6-7-13-12-17(29-18(13)16)20-23-24-21(30-20)22-19(25)14-8-5-9-15(11-14)31(26,27)4-2/h5-12H,3-4H2,1-2H3,(H,22,24,25). The Morgan fingerprint density at radius 2 is 1.87 bits per heavy atom. The van der Waals surface area contributed by atoms with Crippen LogP contribution in [-0.2, 0) is 9.84 Å². The molecule has 2 aromatic carbocycles. The summed E-state index contributed by atoms with van der Waals surface area (Å²) in [5.41, 5.74) is 0.705. The van der Waals surface area contributed by atoms with E-state index in [0.717, 1.165) is 5.39 Å². The van der Waals surface area contributed by atoms with Gasteiger partial charge in [0.25, 0.3) is 11.8 Å². The van der Waals surface area contributed by atoms with Gasteiger partial charge >= 0.3 is 6.01 Å². The largest absolute Gasteiger partial charge is 0.490 e. The van der Waals surface area contributed by atoms with Crippen LogP contribution < -0.4 is 10.1 Å². The van der Waals surface area contributed by atoms with Crippen LogP contribution in [0.1, 0.15) is 24.2 Å². The molecule has 0 saturated heterocycles. The first-order chi connectivity index (χ1) is 14.9. The van der Waals surface area contributed by atoms with Crippen molar-refractivity contribution in [1.82, 2.24) is 10.2 Å². The second-order valence-corrected chi connectivity index (χ2v) is 8.79. The second-order valence-electron chi connectivity index (χ2n) is 6.52. The predicted molar refractivity (Wildman–Crippen MR) is 113 cm³/mol. The number of furan rings is 1. The molecule has 0 radical (unpaired) electrons. The molecule has 2 heterocycles. The first-order valence-corrected chi connectivity index (χ1v) is 11.2. The van der Waals surface area contributed by atoms with Crippen LogP contribution in [0.25, 0.3) is 22.6 Å². The highest BCUT2D eigenvalue weighted by atomic mass is 32.2. The summed E-state index contributed by atoms with van der Waals surface area (Å²) in [5, 5.41) is 11.0. The number of nitrogens with zero attached hydrogens (tertiary/aromatic N) is 2. The molecular weight excluding hydrogens is 422 g/mol. The third-order valence-electron chi connectivity index (χ3n) is 4.50. The number of para-hydroxylation sites is 1. The minimum atomic E-state index is -3.43. The van der Waals surface area contributed by atoms with Gasteiger partial charge in [0.2, 0.25) is 0 Å². The number of amides is 1. The van der Waals surface area contributed by atoms with E-state index in [1.54, 1.807) is 12.1 Å². The molecule has 1 N–H and O–H groups in total. The Kier molecular flexibility index (Phi) is 5.47. The van der Waals surface area contributed by atoms with Crippen molar-refractivity contribution in [2.45, 2.75) is 18.7 Å². The molecule has 0 aliphatic heterocycles. The third-order valence-corrected chi connectivity index (χ3v) is 6.23. The van der Waals surface area contributed by atoms with Crippen molar-refractivity contribution in [2.24, 2.45) is 0 Å². The zero-order valence-corrected chi connectivity index (χ0v) is 17.6. The van der Waals surface area contributed by atoms with Gasteiger partial charge in [-0.25, -0.2) is 8.42 Å². The fraction of sp³-hybridized carbons (Fsp3) is 0.190. The van der Waals surface area contributed by atoms with E-state index in [9.17, 15) is 13.2 Å². The maximum absolute atomic E-state index is 12.5. The monoisotopic (exact) mass is 441 g/mol. The fourth-order valence-corrected chi connectivity index (χ4v) is 3.88. The highest BCUT2D eigenvalue weighted by Crippen LogP contribution is 2.33. The maximum Gasteiger partial charge on any atom is 0.322 e. The number of carbonyl (C=O) groups excluding carboxylic acids is 1. The molecule has 31 heavy (non-hydrogen) atoms. The Bertz CT molecular complexity index is 1360. The Morgan fingerprint density at radius 1 is 1.06 bits per heavy atom. The van der Waals surface area contributed by atoms with Crippen molar-refractivity contribution in [2.75, 3.05) is 17.7 Å². The molecule has 0 unspecified atom stereocenters. The lowest BCUT2D eigenvalue weighted by Gasteiger charge is -2.04. The van der Waals surface area contributed by atoms with Crippen LogP contribution in [0.2, 0.25) is 0 Å². The van der Waals surface area contributed by atoms with Gasteiger partial charge < -0.3 is 13.6 Å². The summed E-state index contributed by atoms with van der Waals surface area (Å²) in [4.78, 5) is 12.6. The second kappa shape index (κ2) is 8.23. The minimum absolute atomic E-state index is 0.0619. The third kappa shape index (κ3) is 4.15. The summed E-state index contributed by atoms with van der Waals surface area (Å²) in [6, 6.07) is 12.8. The highest BCUT2D eigenvalue weighted by molar-refractivity contribution is 7.91. The number of nitrogens with one attached hydrogen (secondary N) is 1. The van der Waals surface area contributed by atoms with E-state index in [-0.39, 0.29) is 28.1 Å². The molecule has 0 aliphatic rings. The topological polar surface area (TPSA) is 125 Å². The van der Waals surface area contributed by atoms with Crippen molar-refractivity contribution < 1.29 is 26.8 Å². The van der Waals surface area contributed by atoms with Gasteiger partial charge in [-0.15, -0.1) is 5.10 Å².